The number of hydrogen-bond donors (Lipinski definition) is 1. The second kappa shape index (κ2) is 6.43. The summed E-state index contributed by atoms with van der Waals surface area (Å²) in [4.78, 5) is 13.8. The highest BCUT2D eigenvalue weighted by Gasteiger charge is 2.19. The van der Waals surface area contributed by atoms with Crippen molar-refractivity contribution in [2.45, 2.75) is 26.2 Å². The van der Waals surface area contributed by atoms with Gasteiger partial charge in [-0.3, -0.25) is 0 Å². The molecule has 98 valence electrons. The Labute approximate surface area is 109 Å². The van der Waals surface area contributed by atoms with Crippen molar-refractivity contribution in [1.29, 1.82) is 0 Å². The van der Waals surface area contributed by atoms with Crippen LogP contribution in [0.25, 0.3) is 0 Å². The summed E-state index contributed by atoms with van der Waals surface area (Å²) >= 11 is 0. The minimum absolute atomic E-state index is 0.0952. The third kappa shape index (κ3) is 3.76. The lowest BCUT2D eigenvalue weighted by Gasteiger charge is -2.30. The van der Waals surface area contributed by atoms with Crippen LogP contribution >= 0.6 is 0 Å². The highest BCUT2D eigenvalue weighted by atomic mass is 16.2. The van der Waals surface area contributed by atoms with Crippen molar-refractivity contribution in [3.63, 3.8) is 0 Å². The molecule has 1 N–H and O–H groups in total. The molecule has 1 fully saturated rings. The number of likely N-dealkylation sites (tertiary alicyclic amines) is 1. The first-order chi connectivity index (χ1) is 8.75. The highest BCUT2D eigenvalue weighted by molar-refractivity contribution is 5.74. The number of benzene rings is 1. The molecule has 1 aromatic rings. The second-order valence-corrected chi connectivity index (χ2v) is 5.14. The average Bonchev–Trinajstić information content (AvgIpc) is 2.40. The van der Waals surface area contributed by atoms with Crippen LogP contribution in [0.5, 0.6) is 0 Å². The maximum atomic E-state index is 11.9. The molecule has 0 aromatic heterocycles. The van der Waals surface area contributed by atoms with Crippen molar-refractivity contribution >= 4 is 6.03 Å². The fraction of sp³-hybridized carbons (Fsp3) is 0.533. The fourth-order valence-electron chi connectivity index (χ4n) is 2.28. The Bertz CT molecular complexity index is 369. The molecule has 0 radical (unpaired) electrons. The number of nitrogens with one attached hydrogen (secondary N) is 1. The van der Waals surface area contributed by atoms with Gasteiger partial charge in [-0.15, -0.1) is 0 Å². The molecule has 1 aromatic carbocycles. The van der Waals surface area contributed by atoms with Gasteiger partial charge in [0.1, 0.15) is 0 Å². The molecule has 0 bridgehead atoms. The van der Waals surface area contributed by atoms with Crippen LogP contribution in [-0.4, -0.2) is 30.6 Å². The smallest absolute Gasteiger partial charge is 0.317 e. The van der Waals surface area contributed by atoms with Gasteiger partial charge < -0.3 is 10.2 Å². The van der Waals surface area contributed by atoms with Gasteiger partial charge in [0.15, 0.2) is 0 Å². The Hall–Kier alpha value is -1.51. The van der Waals surface area contributed by atoms with Crippen molar-refractivity contribution in [2.75, 3.05) is 19.6 Å². The van der Waals surface area contributed by atoms with Crippen molar-refractivity contribution in [3.8, 4) is 0 Å². The predicted molar refractivity (Wildman–Crippen MR) is 73.5 cm³/mol. The molecule has 0 atom stereocenters. The number of piperidine rings is 1. The molecule has 0 aliphatic carbocycles. The van der Waals surface area contributed by atoms with Crippen LogP contribution in [0.15, 0.2) is 30.3 Å². The molecule has 3 heteroatoms. The minimum atomic E-state index is 0.0952. The van der Waals surface area contributed by atoms with Crippen LogP contribution in [-0.2, 0) is 6.42 Å². The molecule has 0 spiro atoms. The molecule has 18 heavy (non-hydrogen) atoms. The van der Waals surface area contributed by atoms with E-state index in [2.05, 4.69) is 24.4 Å². The highest BCUT2D eigenvalue weighted by Crippen LogP contribution is 2.15. The Morgan fingerprint density at radius 1 is 1.28 bits per heavy atom. The van der Waals surface area contributed by atoms with Crippen LogP contribution in [0.4, 0.5) is 4.79 Å². The van der Waals surface area contributed by atoms with Crippen LogP contribution < -0.4 is 5.32 Å². The predicted octanol–water partition coefficient (Wildman–Crippen LogP) is 2.67. The van der Waals surface area contributed by atoms with E-state index in [9.17, 15) is 4.79 Å². The lowest BCUT2D eigenvalue weighted by atomic mass is 10.00. The molecular formula is C15H22N2O. The molecule has 1 saturated heterocycles. The van der Waals surface area contributed by atoms with E-state index in [-0.39, 0.29) is 6.03 Å². The number of urea groups is 1. The topological polar surface area (TPSA) is 32.3 Å². The normalized spacial score (nSPS) is 16.6. The summed E-state index contributed by atoms with van der Waals surface area (Å²) in [5.41, 5.74) is 1.27. The second-order valence-electron chi connectivity index (χ2n) is 5.14. The molecule has 1 aliphatic heterocycles. The minimum Gasteiger partial charge on any atom is -0.338 e. The molecule has 2 rings (SSSR count). The van der Waals surface area contributed by atoms with E-state index < -0.39 is 0 Å². The molecule has 0 saturated carbocycles. The van der Waals surface area contributed by atoms with Crippen LogP contribution in [0.1, 0.15) is 25.3 Å². The lowest BCUT2D eigenvalue weighted by molar-refractivity contribution is 0.174. The number of carbonyl (C=O) groups excluding carboxylic acids is 1. The van der Waals surface area contributed by atoms with E-state index in [1.165, 1.54) is 5.56 Å². The van der Waals surface area contributed by atoms with E-state index in [4.69, 9.17) is 0 Å². The quantitative estimate of drug-likeness (QED) is 0.873. The maximum Gasteiger partial charge on any atom is 0.317 e. The van der Waals surface area contributed by atoms with Crippen molar-refractivity contribution in [2.24, 2.45) is 5.92 Å². The zero-order valence-corrected chi connectivity index (χ0v) is 11.1. The molecule has 1 aliphatic rings. The van der Waals surface area contributed by atoms with Gasteiger partial charge in [0.25, 0.3) is 0 Å². The molecule has 0 unspecified atom stereocenters. The SMILES string of the molecule is CC1CCN(C(=O)NCCc2ccccc2)CC1. The summed E-state index contributed by atoms with van der Waals surface area (Å²) < 4.78 is 0. The van der Waals surface area contributed by atoms with Crippen molar-refractivity contribution in [3.05, 3.63) is 35.9 Å². The molecular weight excluding hydrogens is 224 g/mol. The number of carbonyl (C=O) groups is 1. The van der Waals surface area contributed by atoms with Gasteiger partial charge >= 0.3 is 6.03 Å². The van der Waals surface area contributed by atoms with Gasteiger partial charge in [-0.1, -0.05) is 37.3 Å². The van der Waals surface area contributed by atoms with Gasteiger partial charge in [0, 0.05) is 19.6 Å². The van der Waals surface area contributed by atoms with E-state index in [0.29, 0.717) is 0 Å². The fourth-order valence-corrected chi connectivity index (χ4v) is 2.28. The van der Waals surface area contributed by atoms with Gasteiger partial charge in [-0.05, 0) is 30.7 Å². The summed E-state index contributed by atoms with van der Waals surface area (Å²) in [7, 11) is 0. The van der Waals surface area contributed by atoms with Crippen LogP contribution in [0.2, 0.25) is 0 Å². The zero-order valence-electron chi connectivity index (χ0n) is 11.1. The Morgan fingerprint density at radius 3 is 2.61 bits per heavy atom. The largest absolute Gasteiger partial charge is 0.338 e. The third-order valence-electron chi connectivity index (χ3n) is 3.60. The maximum absolute atomic E-state index is 11.9. The summed E-state index contributed by atoms with van der Waals surface area (Å²) in [6, 6.07) is 10.4. The Balaban J connectivity index is 1.69. The Morgan fingerprint density at radius 2 is 1.94 bits per heavy atom. The number of hydrogen-bond acceptors (Lipinski definition) is 1. The van der Waals surface area contributed by atoms with Gasteiger partial charge in [-0.2, -0.15) is 0 Å². The van der Waals surface area contributed by atoms with Crippen molar-refractivity contribution < 1.29 is 4.79 Å². The van der Waals surface area contributed by atoms with E-state index in [1.54, 1.807) is 0 Å². The van der Waals surface area contributed by atoms with Gasteiger partial charge in [0.05, 0.1) is 0 Å². The molecule has 2 amide bonds. The van der Waals surface area contributed by atoms with E-state index >= 15 is 0 Å². The van der Waals surface area contributed by atoms with E-state index in [0.717, 1.165) is 44.8 Å². The number of rotatable bonds is 3. The van der Waals surface area contributed by atoms with Gasteiger partial charge in [0.2, 0.25) is 0 Å². The van der Waals surface area contributed by atoms with Crippen LogP contribution in [0, 0.1) is 5.92 Å². The third-order valence-corrected chi connectivity index (χ3v) is 3.60. The molecule has 1 heterocycles. The first-order valence-electron chi connectivity index (χ1n) is 6.82. The first-order valence-corrected chi connectivity index (χ1v) is 6.82. The number of amides is 2. The Kier molecular flexibility index (Phi) is 4.62. The van der Waals surface area contributed by atoms with Crippen molar-refractivity contribution in [1.82, 2.24) is 10.2 Å². The standard InChI is InChI=1S/C15H22N2O/c1-13-8-11-17(12-9-13)15(18)16-10-7-14-5-3-2-4-6-14/h2-6,13H,7-12H2,1H3,(H,16,18). The summed E-state index contributed by atoms with van der Waals surface area (Å²) in [5.74, 6) is 0.762. The summed E-state index contributed by atoms with van der Waals surface area (Å²) in [6.07, 6.45) is 3.16. The number of nitrogens with zero attached hydrogens (tertiary/aromatic N) is 1. The first kappa shape index (κ1) is 12.9. The zero-order chi connectivity index (χ0) is 12.8. The van der Waals surface area contributed by atoms with E-state index in [1.807, 2.05) is 23.1 Å². The molecule has 3 nitrogen and oxygen atoms in total. The lowest BCUT2D eigenvalue weighted by Crippen LogP contribution is -2.44. The van der Waals surface area contributed by atoms with Crippen LogP contribution in [0.3, 0.4) is 0 Å². The summed E-state index contributed by atoms with van der Waals surface area (Å²) in [6.45, 7) is 4.77. The summed E-state index contributed by atoms with van der Waals surface area (Å²) in [5, 5.41) is 3.00. The monoisotopic (exact) mass is 246 g/mol. The van der Waals surface area contributed by atoms with Gasteiger partial charge in [-0.25, -0.2) is 4.79 Å². The average molecular weight is 246 g/mol.